The minimum Gasteiger partial charge on any atom is -0.494 e. The summed E-state index contributed by atoms with van der Waals surface area (Å²) in [5.41, 5.74) is 0.571. The molecule has 1 aromatic carbocycles. The van der Waals surface area contributed by atoms with Crippen LogP contribution in [0.1, 0.15) is 38.5 Å². The number of rotatable bonds is 6. The molecule has 0 saturated heterocycles. The summed E-state index contributed by atoms with van der Waals surface area (Å²) in [4.78, 5) is 14.8. The van der Waals surface area contributed by atoms with E-state index in [-0.39, 0.29) is 11.8 Å². The van der Waals surface area contributed by atoms with Crippen molar-refractivity contribution in [2.75, 3.05) is 11.9 Å². The highest BCUT2D eigenvalue weighted by atomic mass is 19.4. The van der Waals surface area contributed by atoms with Crippen LogP contribution in [0.2, 0.25) is 0 Å². The van der Waals surface area contributed by atoms with Crippen LogP contribution < -0.4 is 10.1 Å². The monoisotopic (exact) mass is 382 g/mol. The molecule has 1 fully saturated rings. The first kappa shape index (κ1) is 19.3. The number of alkyl halides is 3. The largest absolute Gasteiger partial charge is 0.494 e. The average Bonchev–Trinajstić information content (AvgIpc) is 3.11. The van der Waals surface area contributed by atoms with Gasteiger partial charge in [-0.05, 0) is 36.6 Å². The molecule has 3 rings (SSSR count). The van der Waals surface area contributed by atoms with Crippen molar-refractivity contribution in [3.8, 4) is 17.2 Å². The Hall–Kier alpha value is -2.51. The van der Waals surface area contributed by atoms with Crippen molar-refractivity contribution >= 4 is 11.8 Å². The van der Waals surface area contributed by atoms with Crippen LogP contribution in [0.15, 0.2) is 34.9 Å². The molecule has 1 aliphatic carbocycles. The molecule has 1 aliphatic rings. The Morgan fingerprint density at radius 1 is 1.19 bits per heavy atom. The Kier molecular flexibility index (Phi) is 6.03. The minimum atomic E-state index is -4.98. The number of halogens is 3. The molecule has 146 valence electrons. The van der Waals surface area contributed by atoms with E-state index in [0.717, 1.165) is 18.5 Å². The van der Waals surface area contributed by atoms with Crippen LogP contribution in [-0.4, -0.2) is 23.7 Å². The van der Waals surface area contributed by atoms with E-state index in [0.29, 0.717) is 17.9 Å². The van der Waals surface area contributed by atoms with Crippen molar-refractivity contribution in [2.45, 2.75) is 44.7 Å². The lowest BCUT2D eigenvalue weighted by Gasteiger charge is -2.21. The third kappa shape index (κ3) is 5.48. The molecular formula is C19H21F3N2O3. The second-order valence-corrected chi connectivity index (χ2v) is 6.65. The van der Waals surface area contributed by atoms with Gasteiger partial charge in [0.25, 0.3) is 0 Å². The van der Waals surface area contributed by atoms with E-state index < -0.39 is 12.1 Å². The predicted octanol–water partition coefficient (Wildman–Crippen LogP) is 5.19. The van der Waals surface area contributed by atoms with Crippen molar-refractivity contribution in [3.63, 3.8) is 0 Å². The van der Waals surface area contributed by atoms with E-state index in [1.807, 2.05) is 0 Å². The fourth-order valence-corrected chi connectivity index (χ4v) is 3.16. The number of benzene rings is 1. The Labute approximate surface area is 154 Å². The summed E-state index contributed by atoms with van der Waals surface area (Å²) in [5.74, 6) is -0.893. The van der Waals surface area contributed by atoms with E-state index in [2.05, 4.69) is 4.98 Å². The SMILES string of the molecule is O=C(Nc1cnc(-c2ccc(OCCC3CCCCC3)cc2)o1)C(F)(F)F. The third-order valence-corrected chi connectivity index (χ3v) is 4.62. The quantitative estimate of drug-likeness (QED) is 0.747. The van der Waals surface area contributed by atoms with Crippen molar-refractivity contribution in [1.29, 1.82) is 0 Å². The Morgan fingerprint density at radius 2 is 1.89 bits per heavy atom. The highest BCUT2D eigenvalue weighted by Crippen LogP contribution is 2.28. The Morgan fingerprint density at radius 3 is 2.56 bits per heavy atom. The summed E-state index contributed by atoms with van der Waals surface area (Å²) >= 11 is 0. The molecule has 1 aromatic heterocycles. The zero-order valence-electron chi connectivity index (χ0n) is 14.7. The molecule has 0 atom stereocenters. The second kappa shape index (κ2) is 8.45. The Balaban J connectivity index is 1.52. The van der Waals surface area contributed by atoms with Gasteiger partial charge in [-0.1, -0.05) is 32.1 Å². The average molecular weight is 382 g/mol. The Bertz CT molecular complexity index is 750. The van der Waals surface area contributed by atoms with Gasteiger partial charge in [-0.3, -0.25) is 10.1 Å². The highest BCUT2D eigenvalue weighted by Gasteiger charge is 2.39. The molecule has 1 saturated carbocycles. The molecule has 0 bridgehead atoms. The van der Waals surface area contributed by atoms with E-state index in [9.17, 15) is 18.0 Å². The van der Waals surface area contributed by atoms with E-state index in [1.54, 1.807) is 29.6 Å². The molecule has 0 spiro atoms. The molecule has 1 heterocycles. The molecule has 1 amide bonds. The van der Waals surface area contributed by atoms with Crippen LogP contribution in [0, 0.1) is 5.92 Å². The first-order chi connectivity index (χ1) is 12.9. The van der Waals surface area contributed by atoms with Crippen molar-refractivity contribution < 1.29 is 27.1 Å². The number of nitrogens with zero attached hydrogens (tertiary/aromatic N) is 1. The first-order valence-corrected chi connectivity index (χ1v) is 8.99. The van der Waals surface area contributed by atoms with Gasteiger partial charge in [0, 0.05) is 5.56 Å². The molecule has 0 radical (unpaired) electrons. The summed E-state index contributed by atoms with van der Waals surface area (Å²) in [5, 5.41) is 1.62. The maximum absolute atomic E-state index is 12.2. The lowest BCUT2D eigenvalue weighted by molar-refractivity contribution is -0.167. The first-order valence-electron chi connectivity index (χ1n) is 8.99. The number of anilines is 1. The number of hydrogen-bond acceptors (Lipinski definition) is 4. The molecule has 0 aliphatic heterocycles. The lowest BCUT2D eigenvalue weighted by Crippen LogP contribution is -2.29. The smallest absolute Gasteiger partial charge is 0.471 e. The highest BCUT2D eigenvalue weighted by molar-refractivity contribution is 5.93. The zero-order valence-corrected chi connectivity index (χ0v) is 14.7. The van der Waals surface area contributed by atoms with Gasteiger partial charge in [0.05, 0.1) is 12.8 Å². The number of amides is 1. The number of aromatic nitrogens is 1. The van der Waals surface area contributed by atoms with Crippen LogP contribution in [0.3, 0.4) is 0 Å². The van der Waals surface area contributed by atoms with Gasteiger partial charge in [0.15, 0.2) is 0 Å². The summed E-state index contributed by atoms with van der Waals surface area (Å²) in [6.45, 7) is 0.663. The molecule has 0 unspecified atom stereocenters. The maximum Gasteiger partial charge on any atom is 0.471 e. The number of carbonyl (C=O) groups is 1. The van der Waals surface area contributed by atoms with Crippen LogP contribution in [0.25, 0.3) is 11.5 Å². The number of oxazole rings is 1. The van der Waals surface area contributed by atoms with Gasteiger partial charge in [0.2, 0.25) is 11.8 Å². The molecule has 2 aromatic rings. The zero-order chi connectivity index (χ0) is 19.3. The normalized spacial score (nSPS) is 15.5. The van der Waals surface area contributed by atoms with Gasteiger partial charge >= 0.3 is 12.1 Å². The number of nitrogens with one attached hydrogen (secondary N) is 1. The van der Waals surface area contributed by atoms with Crippen LogP contribution in [-0.2, 0) is 4.79 Å². The van der Waals surface area contributed by atoms with Gasteiger partial charge < -0.3 is 9.15 Å². The van der Waals surface area contributed by atoms with Crippen LogP contribution in [0.4, 0.5) is 19.1 Å². The fourth-order valence-electron chi connectivity index (χ4n) is 3.16. The van der Waals surface area contributed by atoms with Crippen molar-refractivity contribution in [2.24, 2.45) is 5.92 Å². The molecule has 5 nitrogen and oxygen atoms in total. The molecule has 1 N–H and O–H groups in total. The third-order valence-electron chi connectivity index (χ3n) is 4.62. The lowest BCUT2D eigenvalue weighted by atomic mass is 9.87. The van der Waals surface area contributed by atoms with E-state index >= 15 is 0 Å². The summed E-state index contributed by atoms with van der Waals surface area (Å²) in [6, 6.07) is 6.93. The molecule has 8 heteroatoms. The van der Waals surface area contributed by atoms with Gasteiger partial charge in [-0.25, -0.2) is 4.98 Å². The molecular weight excluding hydrogens is 361 g/mol. The van der Waals surface area contributed by atoms with Gasteiger partial charge in [-0.15, -0.1) is 0 Å². The summed E-state index contributed by atoms with van der Waals surface area (Å²) in [7, 11) is 0. The van der Waals surface area contributed by atoms with Crippen molar-refractivity contribution in [3.05, 3.63) is 30.5 Å². The number of hydrogen-bond donors (Lipinski definition) is 1. The second-order valence-electron chi connectivity index (χ2n) is 6.65. The van der Waals surface area contributed by atoms with Crippen molar-refractivity contribution in [1.82, 2.24) is 4.98 Å². The van der Waals surface area contributed by atoms with E-state index in [4.69, 9.17) is 9.15 Å². The summed E-state index contributed by atoms with van der Waals surface area (Å²) < 4.78 is 47.6. The topological polar surface area (TPSA) is 64.4 Å². The fraction of sp³-hybridized carbons (Fsp3) is 0.474. The summed E-state index contributed by atoms with van der Waals surface area (Å²) in [6.07, 6.45) is 3.60. The van der Waals surface area contributed by atoms with Crippen LogP contribution in [0.5, 0.6) is 5.75 Å². The minimum absolute atomic E-state index is 0.112. The van der Waals surface area contributed by atoms with Crippen LogP contribution >= 0.6 is 0 Å². The van der Waals surface area contributed by atoms with Gasteiger partial charge in [0.1, 0.15) is 5.75 Å². The van der Waals surface area contributed by atoms with E-state index in [1.165, 1.54) is 32.1 Å². The molecule has 27 heavy (non-hydrogen) atoms. The van der Waals surface area contributed by atoms with Gasteiger partial charge in [-0.2, -0.15) is 13.2 Å². The predicted molar refractivity (Wildman–Crippen MR) is 93.3 cm³/mol. The number of ether oxygens (including phenoxy) is 1. The number of carbonyl (C=O) groups excluding carboxylic acids is 1. The maximum atomic E-state index is 12.2. The standard InChI is InChI=1S/C19H21F3N2O3/c20-19(21,22)18(25)24-16-12-23-17(27-16)14-6-8-15(9-7-14)26-11-10-13-4-2-1-3-5-13/h6-9,12-13H,1-5,10-11H2,(H,24,25).